The fourth-order valence-electron chi connectivity index (χ4n) is 2.15. The molecule has 0 atom stereocenters. The number of benzene rings is 1. The van der Waals surface area contributed by atoms with Gasteiger partial charge in [-0.3, -0.25) is 0 Å². The van der Waals surface area contributed by atoms with Crippen molar-refractivity contribution in [2.24, 2.45) is 0 Å². The summed E-state index contributed by atoms with van der Waals surface area (Å²) >= 11 is 11.4. The van der Waals surface area contributed by atoms with E-state index in [1.165, 1.54) is 0 Å². The molecule has 2 aromatic rings. The minimum absolute atomic E-state index is 0.181. The molecule has 1 N–H and O–H groups in total. The number of hydrogen-bond donors (Lipinski definition) is 1. The zero-order valence-corrected chi connectivity index (χ0v) is 13.2. The molecule has 1 heterocycles. The highest BCUT2D eigenvalue weighted by molar-refractivity contribution is 7.71. The first-order valence-corrected chi connectivity index (χ1v) is 7.28. The van der Waals surface area contributed by atoms with Crippen LogP contribution in [0.15, 0.2) is 18.2 Å². The third-order valence-electron chi connectivity index (χ3n) is 2.98. The zero-order valence-electron chi connectivity index (χ0n) is 11.6. The Hall–Kier alpha value is -1.39. The number of carbonyl (C=O) groups is 1. The molecule has 0 aliphatic heterocycles. The van der Waals surface area contributed by atoms with Gasteiger partial charge in [0.25, 0.3) is 0 Å². The maximum absolute atomic E-state index is 12.4. The number of hydrogen-bond acceptors (Lipinski definition) is 3. The molecule has 0 unspecified atom stereocenters. The van der Waals surface area contributed by atoms with Crippen molar-refractivity contribution in [1.82, 2.24) is 4.98 Å². The molecule has 2 rings (SSSR count). The summed E-state index contributed by atoms with van der Waals surface area (Å²) in [5.74, 6) is -0.357. The average Bonchev–Trinajstić information content (AvgIpc) is 2.36. The van der Waals surface area contributed by atoms with Crippen LogP contribution >= 0.6 is 23.8 Å². The highest BCUT2D eigenvalue weighted by Crippen LogP contribution is 2.26. The summed E-state index contributed by atoms with van der Waals surface area (Å²) in [6.45, 7) is 5.60. The van der Waals surface area contributed by atoms with Crippen LogP contribution in [-0.2, 0) is 11.2 Å². The number of aromatic nitrogens is 1. The van der Waals surface area contributed by atoms with E-state index in [1.807, 2.05) is 26.8 Å². The lowest BCUT2D eigenvalue weighted by Crippen LogP contribution is -2.15. The highest BCUT2D eigenvalue weighted by atomic mass is 35.5. The van der Waals surface area contributed by atoms with E-state index >= 15 is 0 Å². The first-order chi connectivity index (χ1) is 9.43. The Morgan fingerprint density at radius 3 is 2.75 bits per heavy atom. The second-order valence-corrected chi connectivity index (χ2v) is 5.65. The van der Waals surface area contributed by atoms with Gasteiger partial charge < -0.3 is 9.72 Å². The monoisotopic (exact) mass is 309 g/mol. The van der Waals surface area contributed by atoms with E-state index in [9.17, 15) is 4.79 Å². The van der Waals surface area contributed by atoms with Crippen LogP contribution in [0.4, 0.5) is 0 Å². The summed E-state index contributed by atoms with van der Waals surface area (Å²) in [6.07, 6.45) is 0.472. The topological polar surface area (TPSA) is 42.1 Å². The molecule has 0 saturated heterocycles. The number of ether oxygens (including phenoxy) is 1. The Balaban J connectivity index is 2.79. The van der Waals surface area contributed by atoms with Crippen LogP contribution < -0.4 is 0 Å². The number of rotatable bonds is 3. The van der Waals surface area contributed by atoms with Gasteiger partial charge in [-0.2, -0.15) is 0 Å². The molecule has 0 aliphatic carbocycles. The van der Waals surface area contributed by atoms with Crippen LogP contribution in [0.3, 0.4) is 0 Å². The van der Waals surface area contributed by atoms with Gasteiger partial charge >= 0.3 is 5.97 Å². The number of esters is 1. The first-order valence-electron chi connectivity index (χ1n) is 6.49. The van der Waals surface area contributed by atoms with Crippen LogP contribution in [0.25, 0.3) is 10.9 Å². The number of H-pyrrole nitrogens is 1. The van der Waals surface area contributed by atoms with E-state index in [1.54, 1.807) is 12.1 Å². The quantitative estimate of drug-likeness (QED) is 0.661. The van der Waals surface area contributed by atoms with Crippen molar-refractivity contribution in [3.63, 3.8) is 0 Å². The molecule has 0 saturated carbocycles. The Labute approximate surface area is 127 Å². The lowest BCUT2D eigenvalue weighted by atomic mass is 10.0. The van der Waals surface area contributed by atoms with Crippen molar-refractivity contribution in [3.8, 4) is 0 Å². The molecular weight excluding hydrogens is 294 g/mol. The Kier molecular flexibility index (Phi) is 4.45. The summed E-state index contributed by atoms with van der Waals surface area (Å²) in [5, 5.41) is 1.32. The molecule has 0 fully saturated rings. The van der Waals surface area contributed by atoms with Gasteiger partial charge in [-0.25, -0.2) is 4.79 Å². The van der Waals surface area contributed by atoms with E-state index in [4.69, 9.17) is 28.6 Å². The van der Waals surface area contributed by atoms with E-state index in [0.717, 1.165) is 16.5 Å². The third kappa shape index (κ3) is 2.86. The van der Waals surface area contributed by atoms with Gasteiger partial charge in [-0.1, -0.05) is 30.7 Å². The summed E-state index contributed by atoms with van der Waals surface area (Å²) in [6, 6.07) is 5.34. The van der Waals surface area contributed by atoms with Gasteiger partial charge in [0.05, 0.1) is 11.7 Å². The minimum Gasteiger partial charge on any atom is -0.459 e. The van der Waals surface area contributed by atoms with Gasteiger partial charge in [0.2, 0.25) is 0 Å². The van der Waals surface area contributed by atoms with Crippen LogP contribution in [0.5, 0.6) is 0 Å². The van der Waals surface area contributed by atoms with Gasteiger partial charge in [0.1, 0.15) is 4.64 Å². The average molecular weight is 310 g/mol. The number of nitrogens with one attached hydrogen (secondary N) is 1. The summed E-state index contributed by atoms with van der Waals surface area (Å²) in [7, 11) is 0. The van der Waals surface area contributed by atoms with E-state index in [2.05, 4.69) is 4.98 Å². The van der Waals surface area contributed by atoms with Gasteiger partial charge in [0, 0.05) is 21.5 Å². The molecule has 0 bridgehead atoms. The van der Waals surface area contributed by atoms with Crippen molar-refractivity contribution in [2.45, 2.75) is 33.3 Å². The minimum atomic E-state index is -0.357. The van der Waals surface area contributed by atoms with Crippen molar-refractivity contribution in [2.75, 3.05) is 0 Å². The summed E-state index contributed by atoms with van der Waals surface area (Å²) in [4.78, 5) is 15.5. The Morgan fingerprint density at radius 2 is 2.15 bits per heavy atom. The second kappa shape index (κ2) is 5.94. The smallest absolute Gasteiger partial charge is 0.339 e. The fourth-order valence-corrected chi connectivity index (χ4v) is 2.68. The molecular formula is C15H16ClNO2S. The van der Waals surface area contributed by atoms with Gasteiger partial charge in [-0.15, -0.1) is 0 Å². The lowest BCUT2D eigenvalue weighted by Gasteiger charge is -2.14. The lowest BCUT2D eigenvalue weighted by molar-refractivity contribution is 0.0379. The maximum Gasteiger partial charge on any atom is 0.339 e. The number of aromatic amines is 1. The molecule has 0 amide bonds. The Morgan fingerprint density at radius 1 is 1.45 bits per heavy atom. The molecule has 1 aromatic heterocycles. The molecule has 20 heavy (non-hydrogen) atoms. The first kappa shape index (κ1) is 15.0. The zero-order chi connectivity index (χ0) is 14.9. The molecule has 106 valence electrons. The standard InChI is InChI=1S/C15H16ClNO2S/c1-4-10-13(15(18)19-8(2)3)11-7-9(16)5-6-12(11)17-14(10)20/h5-8H,4H2,1-3H3,(H,17,20). The normalized spacial score (nSPS) is 11.1. The largest absolute Gasteiger partial charge is 0.459 e. The van der Waals surface area contributed by atoms with Crippen LogP contribution in [-0.4, -0.2) is 17.1 Å². The molecule has 0 radical (unpaired) electrons. The van der Waals surface area contributed by atoms with E-state index in [-0.39, 0.29) is 12.1 Å². The van der Waals surface area contributed by atoms with E-state index < -0.39 is 0 Å². The predicted octanol–water partition coefficient (Wildman–Crippen LogP) is 4.68. The SMILES string of the molecule is CCc1c(C(=O)OC(C)C)c2cc(Cl)ccc2[nH]c1=S. The molecule has 0 aliphatic rings. The predicted molar refractivity (Wildman–Crippen MR) is 84.1 cm³/mol. The molecule has 1 aromatic carbocycles. The number of carbonyl (C=O) groups excluding carboxylic acids is 1. The number of halogens is 1. The summed E-state index contributed by atoms with van der Waals surface area (Å²) < 4.78 is 5.91. The van der Waals surface area contributed by atoms with Gasteiger partial charge in [-0.05, 0) is 38.5 Å². The van der Waals surface area contributed by atoms with Crippen LogP contribution in [0, 0.1) is 4.64 Å². The Bertz CT molecular complexity index is 722. The van der Waals surface area contributed by atoms with Crippen molar-refractivity contribution in [1.29, 1.82) is 0 Å². The maximum atomic E-state index is 12.4. The highest BCUT2D eigenvalue weighted by Gasteiger charge is 2.19. The second-order valence-electron chi connectivity index (χ2n) is 4.81. The van der Waals surface area contributed by atoms with Crippen LogP contribution in [0.2, 0.25) is 5.02 Å². The van der Waals surface area contributed by atoms with Crippen molar-refractivity contribution >= 4 is 40.7 Å². The fraction of sp³-hybridized carbons (Fsp3) is 0.333. The summed E-state index contributed by atoms with van der Waals surface area (Å²) in [5.41, 5.74) is 2.09. The third-order valence-corrected chi connectivity index (χ3v) is 3.56. The molecule has 5 heteroatoms. The number of fused-ring (bicyclic) bond motifs is 1. The van der Waals surface area contributed by atoms with E-state index in [0.29, 0.717) is 21.6 Å². The van der Waals surface area contributed by atoms with Crippen LogP contribution in [0.1, 0.15) is 36.7 Å². The van der Waals surface area contributed by atoms with Crippen molar-refractivity contribution in [3.05, 3.63) is 39.0 Å². The molecule has 0 spiro atoms. The molecule has 3 nitrogen and oxygen atoms in total. The number of pyridine rings is 1. The van der Waals surface area contributed by atoms with Gasteiger partial charge in [0.15, 0.2) is 0 Å². The van der Waals surface area contributed by atoms with Crippen molar-refractivity contribution < 1.29 is 9.53 Å².